The first kappa shape index (κ1) is 40.3. The summed E-state index contributed by atoms with van der Waals surface area (Å²) in [7, 11) is 7.70. The van der Waals surface area contributed by atoms with Gasteiger partial charge in [-0.05, 0) is 37.8 Å². The molecule has 0 spiro atoms. The maximum atomic E-state index is 13.7. The van der Waals surface area contributed by atoms with Crippen LogP contribution in [0.3, 0.4) is 0 Å². The van der Waals surface area contributed by atoms with Gasteiger partial charge in [0.15, 0.2) is 0 Å². The van der Waals surface area contributed by atoms with Gasteiger partial charge in [0.1, 0.15) is 23.7 Å². The Balaban J connectivity index is 1.10. The number of carbonyl (C=O) groups excluding carboxylic acids is 4. The lowest BCUT2D eigenvalue weighted by molar-refractivity contribution is -0.135. The number of carbonyl (C=O) groups is 4. The van der Waals surface area contributed by atoms with Crippen molar-refractivity contribution in [1.82, 2.24) is 44.9 Å². The van der Waals surface area contributed by atoms with Gasteiger partial charge in [0.2, 0.25) is 11.8 Å². The minimum atomic E-state index is -0.775. The second kappa shape index (κ2) is 17.7. The molecule has 0 saturated carbocycles. The minimum Gasteiger partial charge on any atom is -0.453 e. The molecule has 5 heterocycles. The summed E-state index contributed by atoms with van der Waals surface area (Å²) in [4.78, 5) is 71.3. The Kier molecular flexibility index (Phi) is 12.3. The fourth-order valence-corrected chi connectivity index (χ4v) is 8.26. The highest BCUT2D eigenvalue weighted by molar-refractivity contribution is 6.09. The minimum absolute atomic E-state index is 0.196. The molecule has 7 rings (SSSR count). The van der Waals surface area contributed by atoms with Crippen molar-refractivity contribution in [2.75, 3.05) is 54.7 Å². The molecule has 5 aromatic rings. The second-order valence-electron chi connectivity index (χ2n) is 14.7. The number of aryl methyl sites for hydroxylation is 1. The van der Waals surface area contributed by atoms with Gasteiger partial charge in [-0.2, -0.15) is 0 Å². The number of aromatic nitrogens is 5. The molecule has 308 valence electrons. The number of ether oxygens (including phenoxy) is 4. The zero-order valence-electron chi connectivity index (χ0n) is 33.5. The maximum Gasteiger partial charge on any atom is 0.407 e. The van der Waals surface area contributed by atoms with Gasteiger partial charge in [-0.3, -0.25) is 9.59 Å². The molecule has 2 aliphatic rings. The van der Waals surface area contributed by atoms with Crippen LogP contribution in [0.1, 0.15) is 62.3 Å². The Labute approximate surface area is 335 Å². The lowest BCUT2D eigenvalue weighted by Gasteiger charge is -2.28. The molecule has 2 aliphatic heterocycles. The molecule has 0 radical (unpaired) electrons. The maximum absolute atomic E-state index is 13.7. The van der Waals surface area contributed by atoms with Crippen LogP contribution < -0.4 is 10.6 Å². The van der Waals surface area contributed by atoms with E-state index in [-0.39, 0.29) is 23.9 Å². The van der Waals surface area contributed by atoms with Crippen molar-refractivity contribution in [2.24, 2.45) is 7.05 Å². The summed E-state index contributed by atoms with van der Waals surface area (Å²) < 4.78 is 22.1. The number of imidazole rings is 2. The first-order valence-corrected chi connectivity index (χ1v) is 19.6. The molecular formula is C41H51N9O8. The molecule has 4 N–H and O–H groups in total. The van der Waals surface area contributed by atoms with Crippen molar-refractivity contribution in [2.45, 2.75) is 62.7 Å². The SMILES string of the molecule is COCC[C@H](NC(=O)OC)C(=O)N1CCC[C@H]1c1ncc(-c2ccc3c4ccc(-c5cnc([C@@H]6CCCN6C(=O)[C@H](CCOC)NC(=O)OC)[nH]5)cc4n(C)c3c2)[nH]1. The first-order chi connectivity index (χ1) is 28.1. The van der Waals surface area contributed by atoms with E-state index in [4.69, 9.17) is 28.9 Å². The van der Waals surface area contributed by atoms with Gasteiger partial charge in [0, 0.05) is 93.3 Å². The number of methoxy groups -OCH3 is 4. The van der Waals surface area contributed by atoms with Crippen molar-refractivity contribution < 1.29 is 38.1 Å². The summed E-state index contributed by atoms with van der Waals surface area (Å²) in [5.41, 5.74) is 5.67. The Hall–Kier alpha value is -5.94. The highest BCUT2D eigenvalue weighted by Gasteiger charge is 2.38. The zero-order valence-corrected chi connectivity index (χ0v) is 33.5. The predicted octanol–water partition coefficient (Wildman–Crippen LogP) is 4.96. The van der Waals surface area contributed by atoms with Crippen LogP contribution in [-0.4, -0.2) is 125 Å². The normalized spacial score (nSPS) is 17.8. The zero-order chi connectivity index (χ0) is 40.9. The number of alkyl carbamates (subject to hydrolysis) is 2. The van der Waals surface area contributed by atoms with Gasteiger partial charge in [-0.1, -0.05) is 24.3 Å². The Morgan fingerprint density at radius 2 is 1.14 bits per heavy atom. The smallest absolute Gasteiger partial charge is 0.407 e. The van der Waals surface area contributed by atoms with Crippen LogP contribution in [0, 0.1) is 0 Å². The molecule has 17 nitrogen and oxygen atoms in total. The molecule has 2 saturated heterocycles. The van der Waals surface area contributed by atoms with Crippen molar-refractivity contribution in [3.8, 4) is 22.5 Å². The lowest BCUT2D eigenvalue weighted by Crippen LogP contribution is -2.49. The van der Waals surface area contributed by atoms with Gasteiger partial charge in [0.25, 0.3) is 0 Å². The Morgan fingerprint density at radius 3 is 1.53 bits per heavy atom. The van der Waals surface area contributed by atoms with Crippen molar-refractivity contribution in [1.29, 1.82) is 0 Å². The number of hydrogen-bond acceptors (Lipinski definition) is 10. The Morgan fingerprint density at radius 1 is 0.707 bits per heavy atom. The number of nitrogens with one attached hydrogen (secondary N) is 4. The summed E-state index contributed by atoms with van der Waals surface area (Å²) in [6.07, 6.45) is 6.05. The standard InChI is InChI=1S/C41H51N9O8/c1-48-34-20-24(30-22-42-36(44-30)32-8-6-16-49(32)38(51)28(14-18-55-2)46-40(53)57-4)10-12-26(34)27-13-11-25(21-35(27)48)31-23-43-37(45-31)33-9-7-17-50(33)39(52)29(15-19-56-3)47-41(54)58-5/h10-13,20-23,28-29,32-33H,6-9,14-19H2,1-5H3,(H,42,44)(H,43,45)(H,46,53)(H,47,54)/t28-,29-,32-,33-/m0/s1. The molecule has 58 heavy (non-hydrogen) atoms. The summed E-state index contributed by atoms with van der Waals surface area (Å²) in [6, 6.07) is 10.6. The largest absolute Gasteiger partial charge is 0.453 e. The van der Waals surface area contributed by atoms with E-state index in [9.17, 15) is 19.2 Å². The number of fused-ring (bicyclic) bond motifs is 3. The third kappa shape index (κ3) is 8.09. The third-order valence-electron chi connectivity index (χ3n) is 11.3. The van der Waals surface area contributed by atoms with Crippen LogP contribution in [-0.2, 0) is 35.6 Å². The molecule has 0 aliphatic carbocycles. The summed E-state index contributed by atoms with van der Waals surface area (Å²) in [5, 5.41) is 7.53. The van der Waals surface area contributed by atoms with E-state index < -0.39 is 24.3 Å². The number of rotatable bonds is 14. The summed E-state index contributed by atoms with van der Waals surface area (Å²) in [6.45, 7) is 1.73. The van der Waals surface area contributed by atoms with E-state index >= 15 is 0 Å². The van der Waals surface area contributed by atoms with Crippen LogP contribution in [0.4, 0.5) is 9.59 Å². The van der Waals surface area contributed by atoms with Gasteiger partial charge < -0.3 is 53.9 Å². The summed E-state index contributed by atoms with van der Waals surface area (Å²) in [5.74, 6) is 0.994. The van der Waals surface area contributed by atoms with Gasteiger partial charge >= 0.3 is 12.2 Å². The quantitative estimate of drug-likeness (QED) is 0.119. The van der Waals surface area contributed by atoms with Crippen LogP contribution >= 0.6 is 0 Å². The third-order valence-corrected chi connectivity index (χ3v) is 11.3. The number of nitrogens with zero attached hydrogens (tertiary/aromatic N) is 5. The number of benzene rings is 2. The van der Waals surface area contributed by atoms with Gasteiger partial charge in [-0.15, -0.1) is 0 Å². The highest BCUT2D eigenvalue weighted by atomic mass is 16.5. The fourth-order valence-electron chi connectivity index (χ4n) is 8.26. The van der Waals surface area contributed by atoms with Crippen molar-refractivity contribution in [3.63, 3.8) is 0 Å². The molecule has 4 atom stereocenters. The van der Waals surface area contributed by atoms with E-state index in [0.717, 1.165) is 70.0 Å². The molecule has 2 aromatic carbocycles. The predicted molar refractivity (Wildman–Crippen MR) is 215 cm³/mol. The first-order valence-electron chi connectivity index (χ1n) is 19.6. The summed E-state index contributed by atoms with van der Waals surface area (Å²) >= 11 is 0. The van der Waals surface area contributed by atoms with E-state index in [1.54, 1.807) is 36.4 Å². The molecule has 17 heteroatoms. The fraction of sp³-hybridized carbons (Fsp3) is 0.463. The van der Waals surface area contributed by atoms with E-state index in [1.165, 1.54) is 14.2 Å². The molecule has 4 amide bonds. The topological polar surface area (TPSA) is 198 Å². The van der Waals surface area contributed by atoms with Crippen LogP contribution in [0.2, 0.25) is 0 Å². The van der Waals surface area contributed by atoms with Crippen LogP contribution in [0.15, 0.2) is 48.8 Å². The van der Waals surface area contributed by atoms with E-state index in [0.29, 0.717) is 50.8 Å². The van der Waals surface area contributed by atoms with E-state index in [2.05, 4.69) is 61.6 Å². The molecule has 2 fully saturated rings. The average Bonchev–Trinajstić information content (AvgIpc) is 4.10. The second-order valence-corrected chi connectivity index (χ2v) is 14.7. The van der Waals surface area contributed by atoms with Crippen molar-refractivity contribution >= 4 is 45.8 Å². The number of hydrogen-bond donors (Lipinski definition) is 4. The van der Waals surface area contributed by atoms with E-state index in [1.807, 2.05) is 7.05 Å². The average molecular weight is 798 g/mol. The molecule has 0 bridgehead atoms. The monoisotopic (exact) mass is 797 g/mol. The van der Waals surface area contributed by atoms with Gasteiger partial charge in [0.05, 0.1) is 50.1 Å². The Bertz CT molecular complexity index is 2130. The molecular weight excluding hydrogens is 747 g/mol. The number of aromatic amines is 2. The van der Waals surface area contributed by atoms with Crippen LogP contribution in [0.5, 0.6) is 0 Å². The lowest BCUT2D eigenvalue weighted by atomic mass is 10.1. The highest BCUT2D eigenvalue weighted by Crippen LogP contribution is 2.37. The molecule has 3 aromatic heterocycles. The number of H-pyrrole nitrogens is 2. The number of likely N-dealkylation sites (tertiary alicyclic amines) is 2. The van der Waals surface area contributed by atoms with Crippen LogP contribution in [0.25, 0.3) is 44.3 Å². The number of amides is 4. The molecule has 0 unspecified atom stereocenters. The van der Waals surface area contributed by atoms with Gasteiger partial charge in [-0.25, -0.2) is 19.6 Å². The van der Waals surface area contributed by atoms with Crippen molar-refractivity contribution in [3.05, 3.63) is 60.4 Å².